The number of thiophene rings is 1. The average Bonchev–Trinajstić information content (AvgIpc) is 3.60. The molecule has 5 rings (SSSR count). The highest BCUT2D eigenvalue weighted by Gasteiger charge is 2.50. The second-order valence-corrected chi connectivity index (χ2v) is 13.7. The molecule has 0 unspecified atom stereocenters. The lowest BCUT2D eigenvalue weighted by atomic mass is 10.1. The van der Waals surface area contributed by atoms with Crippen molar-refractivity contribution in [2.24, 2.45) is 0 Å². The molecular formula is C29H31F2N4O7PS. The normalized spacial score (nSPS) is 21.0. The highest BCUT2D eigenvalue weighted by Crippen LogP contribution is 2.59. The van der Waals surface area contributed by atoms with Crippen LogP contribution in [0.25, 0.3) is 10.1 Å². The minimum absolute atomic E-state index is 0.0651. The van der Waals surface area contributed by atoms with E-state index in [0.29, 0.717) is 36.2 Å². The number of fused-ring (bicyclic) bond motifs is 2. The van der Waals surface area contributed by atoms with E-state index in [1.807, 2.05) is 6.07 Å². The zero-order chi connectivity index (χ0) is 32.0. The lowest BCUT2D eigenvalue weighted by molar-refractivity contribution is -0.144. The molecule has 3 N–H and O–H groups in total. The summed E-state index contributed by atoms with van der Waals surface area (Å²) in [6, 6.07) is 11.1. The molecule has 234 valence electrons. The Kier molecular flexibility index (Phi) is 8.65. The van der Waals surface area contributed by atoms with Gasteiger partial charge in [-0.05, 0) is 55.0 Å². The minimum Gasteiger partial charge on any atom is -0.340 e. The first-order chi connectivity index (χ1) is 20.7. The van der Waals surface area contributed by atoms with Crippen LogP contribution in [0.3, 0.4) is 0 Å². The molecule has 0 radical (unpaired) electrons. The Hall–Kier alpha value is -3.71. The summed E-state index contributed by atoms with van der Waals surface area (Å²) >= 11 is 0.948. The van der Waals surface area contributed by atoms with Crippen molar-refractivity contribution < 1.29 is 42.3 Å². The van der Waals surface area contributed by atoms with Gasteiger partial charge in [0.2, 0.25) is 17.7 Å². The third-order valence-corrected chi connectivity index (χ3v) is 10.3. The van der Waals surface area contributed by atoms with Gasteiger partial charge in [0.05, 0.1) is 4.88 Å². The maximum absolute atomic E-state index is 14.3. The number of nitrogens with zero attached hydrogens (tertiary/aromatic N) is 3. The minimum atomic E-state index is -5.79. The van der Waals surface area contributed by atoms with E-state index in [-0.39, 0.29) is 34.7 Å². The van der Waals surface area contributed by atoms with Crippen LogP contribution in [0.2, 0.25) is 0 Å². The Morgan fingerprint density at radius 1 is 1.07 bits per heavy atom. The lowest BCUT2D eigenvalue weighted by Gasteiger charge is -2.39. The van der Waals surface area contributed by atoms with E-state index >= 15 is 0 Å². The molecule has 44 heavy (non-hydrogen) atoms. The van der Waals surface area contributed by atoms with Gasteiger partial charge < -0.3 is 29.8 Å². The highest BCUT2D eigenvalue weighted by atomic mass is 32.1. The summed E-state index contributed by atoms with van der Waals surface area (Å²) in [5.41, 5.74) is -4.65. The van der Waals surface area contributed by atoms with Gasteiger partial charge in [-0.2, -0.15) is 8.78 Å². The van der Waals surface area contributed by atoms with Crippen molar-refractivity contribution >= 4 is 58.3 Å². The maximum atomic E-state index is 14.3. The van der Waals surface area contributed by atoms with E-state index < -0.39 is 42.7 Å². The van der Waals surface area contributed by atoms with E-state index in [2.05, 4.69) is 5.32 Å². The number of halogens is 2. The Morgan fingerprint density at radius 3 is 2.43 bits per heavy atom. The molecule has 0 spiro atoms. The van der Waals surface area contributed by atoms with Gasteiger partial charge >= 0.3 is 13.3 Å². The maximum Gasteiger partial charge on any atom is 0.399 e. The van der Waals surface area contributed by atoms with Crippen LogP contribution in [0, 0.1) is 0 Å². The van der Waals surface area contributed by atoms with Crippen LogP contribution in [-0.2, 0) is 24.6 Å². The fraction of sp³-hybridized carbons (Fsp3) is 0.379. The predicted molar refractivity (Wildman–Crippen MR) is 159 cm³/mol. The number of anilines is 1. The number of nitrogens with one attached hydrogen (secondary N) is 1. The SMILES string of the molecule is CC(=O)N1CC[C@H]2CC[C@@H](C(=O)N(C)c3ccccc3)N2C(=O)[C@@H](NC(=O)c2cc3cc(C(F)(F)P(=O)(O)O)ccc3s2)C1. The predicted octanol–water partition coefficient (Wildman–Crippen LogP) is 3.50. The topological polar surface area (TPSA) is 148 Å². The number of benzene rings is 2. The van der Waals surface area contributed by atoms with Gasteiger partial charge in [-0.15, -0.1) is 11.3 Å². The molecule has 0 saturated carbocycles. The molecule has 3 atom stereocenters. The molecule has 0 bridgehead atoms. The number of likely N-dealkylation sites (N-methyl/N-ethyl adjacent to an activating group) is 1. The fourth-order valence-corrected chi connectivity index (χ4v) is 7.17. The number of rotatable bonds is 6. The van der Waals surface area contributed by atoms with E-state index in [9.17, 15) is 32.5 Å². The number of hydrogen-bond acceptors (Lipinski definition) is 6. The number of amides is 4. The van der Waals surface area contributed by atoms with Crippen LogP contribution in [0.5, 0.6) is 0 Å². The second-order valence-electron chi connectivity index (χ2n) is 11.0. The lowest BCUT2D eigenvalue weighted by Crippen LogP contribution is -2.61. The molecule has 3 heterocycles. The summed E-state index contributed by atoms with van der Waals surface area (Å²) in [4.78, 5) is 76.2. The van der Waals surface area contributed by atoms with E-state index in [4.69, 9.17) is 9.79 Å². The van der Waals surface area contributed by atoms with Gasteiger partial charge in [-0.25, -0.2) is 0 Å². The first-order valence-corrected chi connectivity index (χ1v) is 16.3. The molecule has 11 nitrogen and oxygen atoms in total. The van der Waals surface area contributed by atoms with Gasteiger partial charge in [0.1, 0.15) is 12.1 Å². The summed E-state index contributed by atoms with van der Waals surface area (Å²) in [5, 5.41) is 2.85. The summed E-state index contributed by atoms with van der Waals surface area (Å²) in [5.74, 6) is -1.75. The van der Waals surface area contributed by atoms with Crippen molar-refractivity contribution in [3.63, 3.8) is 0 Å². The van der Waals surface area contributed by atoms with Crippen LogP contribution in [0.1, 0.15) is 41.4 Å². The zero-order valence-corrected chi connectivity index (χ0v) is 25.6. The zero-order valence-electron chi connectivity index (χ0n) is 23.9. The molecule has 1 aromatic heterocycles. The third kappa shape index (κ3) is 5.99. The van der Waals surface area contributed by atoms with Crippen LogP contribution in [-0.4, -0.2) is 81.5 Å². The van der Waals surface area contributed by atoms with Crippen LogP contribution < -0.4 is 10.2 Å². The van der Waals surface area contributed by atoms with Gasteiger partial charge in [0.15, 0.2) is 0 Å². The van der Waals surface area contributed by atoms with Gasteiger partial charge in [-0.3, -0.25) is 23.7 Å². The van der Waals surface area contributed by atoms with Crippen molar-refractivity contribution in [1.29, 1.82) is 0 Å². The summed E-state index contributed by atoms with van der Waals surface area (Å²) in [6.07, 6.45) is 1.45. The average molecular weight is 649 g/mol. The van der Waals surface area contributed by atoms with E-state index in [0.717, 1.165) is 23.5 Å². The number of carbonyl (C=O) groups is 4. The molecule has 3 aromatic rings. The third-order valence-electron chi connectivity index (χ3n) is 8.15. The Morgan fingerprint density at radius 2 is 1.77 bits per heavy atom. The molecule has 2 aromatic carbocycles. The smallest absolute Gasteiger partial charge is 0.340 e. The molecular weight excluding hydrogens is 617 g/mol. The number of para-hydroxylation sites is 1. The Balaban J connectivity index is 1.41. The summed E-state index contributed by atoms with van der Waals surface area (Å²) < 4.78 is 40.3. The number of hydrogen-bond donors (Lipinski definition) is 3. The van der Waals surface area contributed by atoms with Crippen molar-refractivity contribution in [3.8, 4) is 0 Å². The monoisotopic (exact) mass is 648 g/mol. The number of alkyl halides is 2. The molecule has 2 aliphatic heterocycles. The largest absolute Gasteiger partial charge is 0.399 e. The molecule has 15 heteroatoms. The second kappa shape index (κ2) is 12.0. The van der Waals surface area contributed by atoms with Gasteiger partial charge in [0, 0.05) is 49.1 Å². The Bertz CT molecular complexity index is 1660. The highest BCUT2D eigenvalue weighted by molar-refractivity contribution is 7.52. The van der Waals surface area contributed by atoms with Crippen LogP contribution in [0.15, 0.2) is 54.6 Å². The van der Waals surface area contributed by atoms with Crippen LogP contribution in [0.4, 0.5) is 14.5 Å². The fourth-order valence-electron chi connectivity index (χ4n) is 5.75. The van der Waals surface area contributed by atoms with Crippen molar-refractivity contribution in [2.45, 2.75) is 50.0 Å². The Labute approximate surface area is 255 Å². The molecule has 2 saturated heterocycles. The van der Waals surface area contributed by atoms with Crippen molar-refractivity contribution in [2.75, 3.05) is 25.0 Å². The summed E-state index contributed by atoms with van der Waals surface area (Å²) in [6.45, 7) is 1.57. The first kappa shape index (κ1) is 31.7. The van der Waals surface area contributed by atoms with Gasteiger partial charge in [-0.1, -0.05) is 24.3 Å². The van der Waals surface area contributed by atoms with Crippen LogP contribution >= 0.6 is 18.9 Å². The molecule has 4 amide bonds. The molecule has 0 aliphatic carbocycles. The van der Waals surface area contributed by atoms with E-state index in [1.165, 1.54) is 33.8 Å². The first-order valence-electron chi connectivity index (χ1n) is 13.9. The summed E-state index contributed by atoms with van der Waals surface area (Å²) in [7, 11) is -4.15. The molecule has 2 aliphatic rings. The number of carbonyl (C=O) groups excluding carboxylic acids is 4. The van der Waals surface area contributed by atoms with Gasteiger partial charge in [0.25, 0.3) is 5.91 Å². The standard InChI is InChI=1S/C29H31F2N4O7PS/c1-17(36)34-13-12-21-9-10-23(28(39)33(2)20-6-4-3-5-7-20)35(21)27(38)22(16-34)32-26(37)25-15-18-14-19(8-11-24(18)44-25)29(30,31)43(40,41)42/h3-8,11,14-15,21-23H,9-10,12-13,16H2,1-2H3,(H,32,37)(H2,40,41,42)/t21-,22+,23+/m1/s1. The van der Waals surface area contributed by atoms with Crippen molar-refractivity contribution in [3.05, 3.63) is 65.0 Å². The quantitative estimate of drug-likeness (QED) is 0.347. The van der Waals surface area contributed by atoms with E-state index in [1.54, 1.807) is 31.3 Å². The van der Waals surface area contributed by atoms with Crippen molar-refractivity contribution in [1.82, 2.24) is 15.1 Å². The molecule has 2 fully saturated rings.